The van der Waals surface area contributed by atoms with Crippen molar-refractivity contribution in [3.63, 3.8) is 0 Å². The Labute approximate surface area is 123 Å². The summed E-state index contributed by atoms with van der Waals surface area (Å²) in [5, 5.41) is 0. The Kier molecular flexibility index (Phi) is 4.49. The smallest absolute Gasteiger partial charge is 0.340 e. The van der Waals surface area contributed by atoms with Crippen molar-refractivity contribution in [1.29, 1.82) is 0 Å². The first-order valence-corrected chi connectivity index (χ1v) is 7.17. The van der Waals surface area contributed by atoms with Crippen LogP contribution in [0.5, 0.6) is 0 Å². The van der Waals surface area contributed by atoms with Gasteiger partial charge >= 0.3 is 5.97 Å². The molecule has 3 nitrogen and oxygen atoms in total. The molecule has 0 bridgehead atoms. The number of rotatable bonds is 2. The number of hydrogen-bond donors (Lipinski definition) is 0. The van der Waals surface area contributed by atoms with Crippen LogP contribution < -0.4 is 4.90 Å². The van der Waals surface area contributed by atoms with Gasteiger partial charge in [-0.3, -0.25) is 0 Å². The van der Waals surface area contributed by atoms with Gasteiger partial charge in [-0.1, -0.05) is 6.07 Å². The molecule has 1 aliphatic heterocycles. The molecule has 1 heterocycles. The Bertz CT molecular complexity index is 543. The molecule has 1 fully saturated rings. The van der Waals surface area contributed by atoms with Crippen molar-refractivity contribution in [2.24, 2.45) is 0 Å². The molecule has 0 aliphatic carbocycles. The zero-order valence-corrected chi connectivity index (χ0v) is 12.7. The van der Waals surface area contributed by atoms with Gasteiger partial charge in [-0.05, 0) is 37.5 Å². The van der Waals surface area contributed by atoms with Gasteiger partial charge < -0.3 is 9.64 Å². The van der Waals surface area contributed by atoms with Gasteiger partial charge in [0.25, 0.3) is 0 Å². The normalized spacial score (nSPS) is 18.2. The van der Waals surface area contributed by atoms with E-state index in [0.29, 0.717) is 24.2 Å². The maximum absolute atomic E-state index is 13.5. The van der Waals surface area contributed by atoms with Crippen molar-refractivity contribution in [1.82, 2.24) is 0 Å². The number of carbonyl (C=O) groups is 1. The second-order valence-electron chi connectivity index (χ2n) is 5.59. The van der Waals surface area contributed by atoms with Crippen LogP contribution >= 0.6 is 0 Å². The number of aryl methyl sites for hydroxylation is 1. The number of benzene rings is 1. The summed E-state index contributed by atoms with van der Waals surface area (Å²) in [5.74, 6) is -3.03. The van der Waals surface area contributed by atoms with E-state index in [0.717, 1.165) is 11.1 Å². The van der Waals surface area contributed by atoms with Crippen molar-refractivity contribution in [2.75, 3.05) is 25.1 Å². The van der Waals surface area contributed by atoms with Crippen LogP contribution in [-0.2, 0) is 4.74 Å². The first-order valence-electron chi connectivity index (χ1n) is 7.17. The number of halogens is 2. The highest BCUT2D eigenvalue weighted by Crippen LogP contribution is 2.33. The highest BCUT2D eigenvalue weighted by molar-refractivity contribution is 5.97. The summed E-state index contributed by atoms with van der Waals surface area (Å²) >= 11 is 0. The predicted molar refractivity (Wildman–Crippen MR) is 78.3 cm³/mol. The fourth-order valence-corrected chi connectivity index (χ4v) is 2.73. The van der Waals surface area contributed by atoms with Crippen LogP contribution in [0.4, 0.5) is 14.5 Å². The third-order valence-electron chi connectivity index (χ3n) is 4.16. The molecule has 1 saturated heterocycles. The van der Waals surface area contributed by atoms with E-state index < -0.39 is 11.9 Å². The molecule has 1 aliphatic rings. The Hall–Kier alpha value is -1.65. The zero-order valence-electron chi connectivity index (χ0n) is 12.7. The number of carbonyl (C=O) groups excluding carboxylic acids is 1. The highest BCUT2D eigenvalue weighted by Gasteiger charge is 2.33. The van der Waals surface area contributed by atoms with E-state index in [1.165, 1.54) is 7.11 Å². The zero-order chi connectivity index (χ0) is 15.6. The lowest BCUT2D eigenvalue weighted by Crippen LogP contribution is -2.28. The van der Waals surface area contributed by atoms with Gasteiger partial charge in [-0.15, -0.1) is 0 Å². The Morgan fingerprint density at radius 3 is 2.62 bits per heavy atom. The molecule has 0 spiro atoms. The molecular weight excluding hydrogens is 276 g/mol. The molecule has 1 aromatic rings. The first kappa shape index (κ1) is 15.7. The number of alkyl halides is 2. The summed E-state index contributed by atoms with van der Waals surface area (Å²) in [6.45, 7) is 4.56. The standard InChI is InChI=1S/C16H21F2NO2/c1-11-5-6-13(14(12(11)2)15(20)21-3)19-9-4-7-16(17,18)8-10-19/h5-6H,4,7-10H2,1-3H3. The highest BCUT2D eigenvalue weighted by atomic mass is 19.3. The summed E-state index contributed by atoms with van der Waals surface area (Å²) in [5.41, 5.74) is 3.01. The molecule has 0 radical (unpaired) electrons. The monoisotopic (exact) mass is 297 g/mol. The maximum Gasteiger partial charge on any atom is 0.340 e. The fourth-order valence-electron chi connectivity index (χ4n) is 2.73. The Morgan fingerprint density at radius 1 is 1.24 bits per heavy atom. The van der Waals surface area contributed by atoms with E-state index in [4.69, 9.17) is 4.74 Å². The summed E-state index contributed by atoms with van der Waals surface area (Å²) < 4.78 is 31.9. The van der Waals surface area contributed by atoms with Crippen LogP contribution in [0.25, 0.3) is 0 Å². The van der Waals surface area contributed by atoms with Gasteiger partial charge in [0.2, 0.25) is 5.92 Å². The minimum absolute atomic E-state index is 0.0953. The predicted octanol–water partition coefficient (Wildman–Crippen LogP) is 3.72. The lowest BCUT2D eigenvalue weighted by molar-refractivity contribution is -0.0102. The fraction of sp³-hybridized carbons (Fsp3) is 0.562. The average Bonchev–Trinajstić information content (AvgIpc) is 2.62. The summed E-state index contributed by atoms with van der Waals surface area (Å²) in [6, 6.07) is 3.75. The SMILES string of the molecule is COC(=O)c1c(N2CCCC(F)(F)CC2)ccc(C)c1C. The van der Waals surface area contributed by atoms with Gasteiger partial charge in [0, 0.05) is 25.9 Å². The van der Waals surface area contributed by atoms with E-state index in [9.17, 15) is 13.6 Å². The molecule has 21 heavy (non-hydrogen) atoms. The topological polar surface area (TPSA) is 29.5 Å². The van der Waals surface area contributed by atoms with Crippen LogP contribution in [0, 0.1) is 13.8 Å². The van der Waals surface area contributed by atoms with Crippen LogP contribution in [0.15, 0.2) is 12.1 Å². The molecule has 1 aromatic carbocycles. The second kappa shape index (κ2) is 6.00. The van der Waals surface area contributed by atoms with Crippen molar-refractivity contribution in [3.05, 3.63) is 28.8 Å². The van der Waals surface area contributed by atoms with Crippen LogP contribution in [0.3, 0.4) is 0 Å². The van der Waals surface area contributed by atoms with Crippen LogP contribution in [0.1, 0.15) is 40.7 Å². The van der Waals surface area contributed by atoms with Gasteiger partial charge in [-0.2, -0.15) is 0 Å². The third-order valence-corrected chi connectivity index (χ3v) is 4.16. The quantitative estimate of drug-likeness (QED) is 0.779. The van der Waals surface area contributed by atoms with Crippen LogP contribution in [-0.4, -0.2) is 32.1 Å². The first-order chi connectivity index (χ1) is 9.85. The minimum Gasteiger partial charge on any atom is -0.465 e. The Balaban J connectivity index is 2.39. The van der Waals surface area contributed by atoms with E-state index in [2.05, 4.69) is 0 Å². The molecule has 0 aromatic heterocycles. The molecule has 116 valence electrons. The van der Waals surface area contributed by atoms with Gasteiger partial charge in [0.05, 0.1) is 18.4 Å². The third kappa shape index (κ3) is 3.34. The number of ether oxygens (including phenoxy) is 1. The van der Waals surface area contributed by atoms with Crippen molar-refractivity contribution in [3.8, 4) is 0 Å². The van der Waals surface area contributed by atoms with Gasteiger partial charge in [0.1, 0.15) is 0 Å². The van der Waals surface area contributed by atoms with Crippen molar-refractivity contribution < 1.29 is 18.3 Å². The number of nitrogens with zero attached hydrogens (tertiary/aromatic N) is 1. The molecular formula is C16H21F2NO2. The molecule has 0 saturated carbocycles. The van der Waals surface area contributed by atoms with E-state index >= 15 is 0 Å². The lowest BCUT2D eigenvalue weighted by atomic mass is 10.0. The number of anilines is 1. The number of methoxy groups -OCH3 is 1. The van der Waals surface area contributed by atoms with Crippen molar-refractivity contribution >= 4 is 11.7 Å². The summed E-state index contributed by atoms with van der Waals surface area (Å²) in [6.07, 6.45) is 0.142. The van der Waals surface area contributed by atoms with Gasteiger partial charge in [0.15, 0.2) is 0 Å². The van der Waals surface area contributed by atoms with E-state index in [1.54, 1.807) is 0 Å². The minimum atomic E-state index is -2.61. The van der Waals surface area contributed by atoms with Crippen LogP contribution in [0.2, 0.25) is 0 Å². The number of esters is 1. The number of hydrogen-bond acceptors (Lipinski definition) is 3. The molecule has 5 heteroatoms. The molecule has 2 rings (SSSR count). The molecule has 0 unspecified atom stereocenters. The van der Waals surface area contributed by atoms with Crippen molar-refractivity contribution in [2.45, 2.75) is 39.0 Å². The second-order valence-corrected chi connectivity index (χ2v) is 5.59. The van der Waals surface area contributed by atoms with Gasteiger partial charge in [-0.25, -0.2) is 13.6 Å². The summed E-state index contributed by atoms with van der Waals surface area (Å²) in [4.78, 5) is 13.9. The lowest BCUT2D eigenvalue weighted by Gasteiger charge is -2.26. The molecule has 0 atom stereocenters. The summed E-state index contributed by atoms with van der Waals surface area (Å²) in [7, 11) is 1.34. The van der Waals surface area contributed by atoms with E-state index in [-0.39, 0.29) is 19.4 Å². The average molecular weight is 297 g/mol. The molecule has 0 amide bonds. The molecule has 0 N–H and O–H groups in total. The van der Waals surface area contributed by atoms with E-state index in [1.807, 2.05) is 30.9 Å². The largest absolute Gasteiger partial charge is 0.465 e. The Morgan fingerprint density at radius 2 is 1.95 bits per heavy atom. The maximum atomic E-state index is 13.5.